The molecule has 7 heteroatoms. The molecule has 1 aromatic heterocycles. The first-order valence-electron chi connectivity index (χ1n) is 9.66. The topological polar surface area (TPSA) is 46.5 Å². The third-order valence-electron chi connectivity index (χ3n) is 5.58. The highest BCUT2D eigenvalue weighted by Gasteiger charge is 2.31. The van der Waals surface area contributed by atoms with E-state index in [2.05, 4.69) is 10.2 Å². The molecule has 27 heavy (non-hydrogen) atoms. The monoisotopic (exact) mass is 377 g/mol. The number of nitrogens with one attached hydrogen (secondary N) is 1. The molecule has 0 saturated carbocycles. The van der Waals surface area contributed by atoms with Crippen LogP contribution >= 0.6 is 0 Å². The normalized spacial score (nSPS) is 22.3. The first-order chi connectivity index (χ1) is 13.1. The number of hydrogen-bond acceptors (Lipinski definition) is 3. The van der Waals surface area contributed by atoms with Gasteiger partial charge in [-0.3, -0.25) is 9.69 Å². The molecule has 2 aromatic rings. The van der Waals surface area contributed by atoms with Gasteiger partial charge in [0, 0.05) is 31.2 Å². The first-order valence-corrected chi connectivity index (χ1v) is 9.66. The molecular weight excluding hydrogens is 352 g/mol. The van der Waals surface area contributed by atoms with Crippen molar-refractivity contribution in [3.63, 3.8) is 0 Å². The predicted octanol–water partition coefficient (Wildman–Crippen LogP) is 3.03. The van der Waals surface area contributed by atoms with Crippen molar-refractivity contribution in [3.8, 4) is 5.75 Å². The number of nitrogens with zero attached hydrogens (tertiary/aromatic N) is 2. The number of fused-ring (bicyclic) bond motifs is 1. The second-order valence-corrected chi connectivity index (χ2v) is 7.35. The third kappa shape index (κ3) is 3.93. The van der Waals surface area contributed by atoms with E-state index in [-0.39, 0.29) is 24.6 Å². The second kappa shape index (κ2) is 7.84. The summed E-state index contributed by atoms with van der Waals surface area (Å²) in [6, 6.07) is 7.42. The van der Waals surface area contributed by atoms with Gasteiger partial charge in [-0.15, -0.1) is 0 Å². The van der Waals surface area contributed by atoms with E-state index in [9.17, 15) is 13.6 Å². The Morgan fingerprint density at radius 1 is 1.19 bits per heavy atom. The van der Waals surface area contributed by atoms with Gasteiger partial charge in [0.1, 0.15) is 11.9 Å². The van der Waals surface area contributed by atoms with Gasteiger partial charge in [-0.1, -0.05) is 6.07 Å². The molecular formula is C20H25F2N3O2. The van der Waals surface area contributed by atoms with E-state index in [0.717, 1.165) is 62.0 Å². The van der Waals surface area contributed by atoms with E-state index < -0.39 is 6.43 Å². The lowest BCUT2D eigenvalue weighted by atomic mass is 10.00. The van der Waals surface area contributed by atoms with Gasteiger partial charge < -0.3 is 14.6 Å². The van der Waals surface area contributed by atoms with Crippen LogP contribution in [-0.4, -0.2) is 53.6 Å². The molecule has 0 bridgehead atoms. The summed E-state index contributed by atoms with van der Waals surface area (Å²) in [5.74, 6) is 0.889. The molecule has 1 atom stereocenters. The van der Waals surface area contributed by atoms with Crippen LogP contribution in [0.25, 0.3) is 10.9 Å². The molecule has 5 nitrogen and oxygen atoms in total. The van der Waals surface area contributed by atoms with Crippen LogP contribution in [0.15, 0.2) is 30.5 Å². The quantitative estimate of drug-likeness (QED) is 0.871. The zero-order valence-corrected chi connectivity index (χ0v) is 15.2. The molecule has 146 valence electrons. The van der Waals surface area contributed by atoms with Gasteiger partial charge in [-0.25, -0.2) is 8.78 Å². The molecule has 2 aliphatic rings. The standard InChI is InChI=1S/C20H25F2N3O2/c21-19(22)13-25-12-8-15-16(25)3-1-5-18(15)27-14-6-10-24(11-7-14)17-4-2-9-23-20(17)26/h1,3,5,8,12,14,17,19H,2,4,6-7,9-11,13H2,(H,23,26). The largest absolute Gasteiger partial charge is 0.490 e. The Kier molecular flexibility index (Phi) is 5.29. The Labute approximate surface area is 157 Å². The van der Waals surface area contributed by atoms with Crippen molar-refractivity contribution in [3.05, 3.63) is 30.5 Å². The third-order valence-corrected chi connectivity index (χ3v) is 5.58. The van der Waals surface area contributed by atoms with E-state index >= 15 is 0 Å². The van der Waals surface area contributed by atoms with Crippen LogP contribution in [-0.2, 0) is 11.3 Å². The van der Waals surface area contributed by atoms with E-state index in [0.29, 0.717) is 0 Å². The fourth-order valence-corrected chi connectivity index (χ4v) is 4.20. The Balaban J connectivity index is 1.40. The highest BCUT2D eigenvalue weighted by molar-refractivity contribution is 5.86. The molecule has 2 aliphatic heterocycles. The average Bonchev–Trinajstić information content (AvgIpc) is 3.06. The molecule has 0 aliphatic carbocycles. The van der Waals surface area contributed by atoms with Gasteiger partial charge in [-0.2, -0.15) is 0 Å². The lowest BCUT2D eigenvalue weighted by Crippen LogP contribution is -2.53. The van der Waals surface area contributed by atoms with Crippen LogP contribution in [0.5, 0.6) is 5.75 Å². The smallest absolute Gasteiger partial charge is 0.256 e. The van der Waals surface area contributed by atoms with Crippen LogP contribution in [0.3, 0.4) is 0 Å². The first kappa shape index (κ1) is 18.2. The average molecular weight is 377 g/mol. The van der Waals surface area contributed by atoms with Gasteiger partial charge in [0.2, 0.25) is 5.91 Å². The molecule has 3 heterocycles. The molecule has 1 unspecified atom stereocenters. The molecule has 1 amide bonds. The van der Waals surface area contributed by atoms with Crippen molar-refractivity contribution in [1.82, 2.24) is 14.8 Å². The number of likely N-dealkylation sites (tertiary alicyclic amines) is 1. The lowest BCUT2D eigenvalue weighted by molar-refractivity contribution is -0.129. The molecule has 2 saturated heterocycles. The van der Waals surface area contributed by atoms with E-state index in [1.165, 1.54) is 0 Å². The van der Waals surface area contributed by atoms with Gasteiger partial charge in [0.05, 0.1) is 18.1 Å². The number of amides is 1. The summed E-state index contributed by atoms with van der Waals surface area (Å²) in [5.41, 5.74) is 0.768. The van der Waals surface area contributed by atoms with Crippen LogP contribution in [0, 0.1) is 0 Å². The molecule has 2 fully saturated rings. The maximum atomic E-state index is 12.7. The van der Waals surface area contributed by atoms with Gasteiger partial charge in [-0.05, 0) is 43.9 Å². The molecule has 1 aromatic carbocycles. The van der Waals surface area contributed by atoms with Crippen molar-refractivity contribution < 1.29 is 18.3 Å². The zero-order valence-electron chi connectivity index (χ0n) is 15.2. The maximum Gasteiger partial charge on any atom is 0.256 e. The summed E-state index contributed by atoms with van der Waals surface area (Å²) in [4.78, 5) is 14.3. The number of aromatic nitrogens is 1. The highest BCUT2D eigenvalue weighted by atomic mass is 19.3. The minimum atomic E-state index is -2.38. The summed E-state index contributed by atoms with van der Waals surface area (Å²) in [6.45, 7) is 2.15. The zero-order chi connectivity index (χ0) is 18.8. The second-order valence-electron chi connectivity index (χ2n) is 7.35. The number of benzene rings is 1. The van der Waals surface area contributed by atoms with E-state index in [1.807, 2.05) is 24.3 Å². The Hall–Kier alpha value is -2.15. The number of rotatable bonds is 5. The minimum absolute atomic E-state index is 0.00786. The van der Waals surface area contributed by atoms with E-state index in [4.69, 9.17) is 4.74 Å². The van der Waals surface area contributed by atoms with Gasteiger partial charge >= 0.3 is 0 Å². The summed E-state index contributed by atoms with van der Waals surface area (Å²) < 4.78 is 33.3. The Morgan fingerprint density at radius 3 is 2.74 bits per heavy atom. The van der Waals surface area contributed by atoms with Crippen LogP contribution < -0.4 is 10.1 Å². The SMILES string of the molecule is O=C1NCCCC1N1CCC(Oc2cccc3c2ccn3CC(F)F)CC1. The number of carbonyl (C=O) groups excluding carboxylic acids is 1. The molecule has 4 rings (SSSR count). The number of hydrogen-bond donors (Lipinski definition) is 1. The van der Waals surface area contributed by atoms with Gasteiger partial charge in [0.15, 0.2) is 0 Å². The summed E-state index contributed by atoms with van der Waals surface area (Å²) in [5, 5.41) is 3.82. The fraction of sp³-hybridized carbons (Fsp3) is 0.550. The molecule has 1 N–H and O–H groups in total. The number of alkyl halides is 2. The summed E-state index contributed by atoms with van der Waals surface area (Å²) in [6.07, 6.45) is 3.06. The summed E-state index contributed by atoms with van der Waals surface area (Å²) in [7, 11) is 0. The van der Waals surface area contributed by atoms with Crippen LogP contribution in [0.2, 0.25) is 0 Å². The fourth-order valence-electron chi connectivity index (χ4n) is 4.20. The number of halogens is 2. The van der Waals surface area contributed by atoms with Crippen molar-refractivity contribution in [2.75, 3.05) is 19.6 Å². The number of piperidine rings is 2. The minimum Gasteiger partial charge on any atom is -0.490 e. The van der Waals surface area contributed by atoms with Gasteiger partial charge in [0.25, 0.3) is 6.43 Å². The van der Waals surface area contributed by atoms with Crippen LogP contribution in [0.1, 0.15) is 25.7 Å². The lowest BCUT2D eigenvalue weighted by Gasteiger charge is -2.38. The molecule has 0 radical (unpaired) electrons. The van der Waals surface area contributed by atoms with Crippen LogP contribution in [0.4, 0.5) is 8.78 Å². The maximum absolute atomic E-state index is 12.7. The Bertz CT molecular complexity index is 800. The number of carbonyl (C=O) groups is 1. The predicted molar refractivity (Wildman–Crippen MR) is 99.2 cm³/mol. The highest BCUT2D eigenvalue weighted by Crippen LogP contribution is 2.30. The molecule has 0 spiro atoms. The van der Waals surface area contributed by atoms with E-state index in [1.54, 1.807) is 10.8 Å². The van der Waals surface area contributed by atoms with Crippen molar-refractivity contribution in [2.45, 2.75) is 50.8 Å². The Morgan fingerprint density at radius 2 is 2.00 bits per heavy atom. The number of ether oxygens (including phenoxy) is 1. The van der Waals surface area contributed by atoms with Crippen molar-refractivity contribution >= 4 is 16.8 Å². The summed E-state index contributed by atoms with van der Waals surface area (Å²) >= 11 is 0. The van der Waals surface area contributed by atoms with Crippen molar-refractivity contribution in [2.24, 2.45) is 0 Å². The van der Waals surface area contributed by atoms with Crippen molar-refractivity contribution in [1.29, 1.82) is 0 Å².